The molecule has 10 heteroatoms. The number of primary amides is 2. The minimum Gasteiger partial charge on any atom is -0.369 e. The molecule has 0 aliphatic heterocycles. The maximum absolute atomic E-state index is 12.3. The first-order chi connectivity index (χ1) is 8.64. The Hall–Kier alpha value is -0.970. The third-order valence-corrected chi connectivity index (χ3v) is 5.72. The van der Waals surface area contributed by atoms with Crippen LogP contribution in [-0.2, 0) is 19.6 Å². The number of halogens is 1. The van der Waals surface area contributed by atoms with Crippen molar-refractivity contribution in [3.8, 4) is 0 Å². The minimum atomic E-state index is -3.99. The standard InChI is InChI=1S/C9H12BrN3O4S2/c1-5-6(2-7(10)18-5)19(16,17)13(3-8(11)14)4-9(12)15/h2H,3-4H2,1H3,(H2,11,14)(H2,12,15). The monoisotopic (exact) mass is 369 g/mol. The summed E-state index contributed by atoms with van der Waals surface area (Å²) in [6, 6.07) is 1.41. The summed E-state index contributed by atoms with van der Waals surface area (Å²) in [5, 5.41) is 0. The fourth-order valence-corrected chi connectivity index (χ4v) is 5.16. The van der Waals surface area contributed by atoms with E-state index in [4.69, 9.17) is 11.5 Å². The van der Waals surface area contributed by atoms with E-state index in [-0.39, 0.29) is 4.90 Å². The van der Waals surface area contributed by atoms with Gasteiger partial charge < -0.3 is 11.5 Å². The van der Waals surface area contributed by atoms with E-state index >= 15 is 0 Å². The summed E-state index contributed by atoms with van der Waals surface area (Å²) >= 11 is 4.41. The van der Waals surface area contributed by atoms with Gasteiger partial charge in [-0.25, -0.2) is 8.42 Å². The van der Waals surface area contributed by atoms with Crippen LogP contribution < -0.4 is 11.5 Å². The lowest BCUT2D eigenvalue weighted by molar-refractivity contribution is -0.120. The van der Waals surface area contributed by atoms with Crippen LogP contribution >= 0.6 is 27.3 Å². The van der Waals surface area contributed by atoms with Gasteiger partial charge in [-0.05, 0) is 28.9 Å². The van der Waals surface area contributed by atoms with Crippen molar-refractivity contribution in [2.45, 2.75) is 11.8 Å². The molecule has 0 radical (unpaired) electrons. The highest BCUT2D eigenvalue weighted by atomic mass is 79.9. The first kappa shape index (κ1) is 16.1. The van der Waals surface area contributed by atoms with Crippen LogP contribution in [0.4, 0.5) is 0 Å². The molecule has 1 rings (SSSR count). The summed E-state index contributed by atoms with van der Waals surface area (Å²) in [6.07, 6.45) is 0. The van der Waals surface area contributed by atoms with Crippen molar-refractivity contribution < 1.29 is 18.0 Å². The van der Waals surface area contributed by atoms with Crippen molar-refractivity contribution in [3.63, 3.8) is 0 Å². The Morgan fingerprint density at radius 2 is 1.79 bits per heavy atom. The molecule has 106 valence electrons. The Kier molecular flexibility index (Phi) is 5.07. The quantitative estimate of drug-likeness (QED) is 0.718. The normalized spacial score (nSPS) is 11.7. The van der Waals surface area contributed by atoms with Crippen molar-refractivity contribution in [2.24, 2.45) is 11.5 Å². The van der Waals surface area contributed by atoms with E-state index in [0.717, 1.165) is 0 Å². The number of aryl methyl sites for hydroxylation is 1. The number of rotatable bonds is 6. The highest BCUT2D eigenvalue weighted by molar-refractivity contribution is 9.11. The Bertz CT molecular complexity index is 595. The van der Waals surface area contributed by atoms with Crippen LogP contribution in [0.15, 0.2) is 14.7 Å². The van der Waals surface area contributed by atoms with E-state index < -0.39 is 34.9 Å². The second kappa shape index (κ2) is 5.99. The Balaban J connectivity index is 3.22. The van der Waals surface area contributed by atoms with Gasteiger partial charge in [-0.1, -0.05) is 0 Å². The summed E-state index contributed by atoms with van der Waals surface area (Å²) in [5.74, 6) is -1.73. The number of sulfonamides is 1. The molecule has 1 heterocycles. The second-order valence-corrected chi connectivity index (χ2v) is 8.22. The van der Waals surface area contributed by atoms with Gasteiger partial charge in [-0.2, -0.15) is 4.31 Å². The van der Waals surface area contributed by atoms with Gasteiger partial charge in [-0.3, -0.25) is 9.59 Å². The number of thiophene rings is 1. The molecule has 1 aromatic rings. The maximum Gasteiger partial charge on any atom is 0.245 e. The van der Waals surface area contributed by atoms with Gasteiger partial charge in [0.2, 0.25) is 21.8 Å². The zero-order chi connectivity index (χ0) is 14.8. The fourth-order valence-electron chi connectivity index (χ4n) is 1.40. The average Bonchev–Trinajstić information content (AvgIpc) is 2.56. The third-order valence-electron chi connectivity index (χ3n) is 2.12. The highest BCUT2D eigenvalue weighted by Crippen LogP contribution is 2.31. The van der Waals surface area contributed by atoms with Crippen LogP contribution in [0.25, 0.3) is 0 Å². The molecule has 0 aliphatic carbocycles. The molecular formula is C9H12BrN3O4S2. The number of nitrogens with two attached hydrogens (primary N) is 2. The molecule has 0 saturated heterocycles. The molecule has 19 heavy (non-hydrogen) atoms. The molecule has 0 spiro atoms. The Morgan fingerprint density at radius 3 is 2.11 bits per heavy atom. The number of amides is 2. The van der Waals surface area contributed by atoms with Crippen LogP contribution in [0.2, 0.25) is 0 Å². The van der Waals surface area contributed by atoms with E-state index in [1.807, 2.05) is 0 Å². The van der Waals surface area contributed by atoms with Crippen LogP contribution in [0.3, 0.4) is 0 Å². The van der Waals surface area contributed by atoms with Gasteiger partial charge in [0.1, 0.15) is 0 Å². The Labute approximate surface area is 122 Å². The van der Waals surface area contributed by atoms with Gasteiger partial charge in [0, 0.05) is 4.88 Å². The molecule has 0 saturated carbocycles. The van der Waals surface area contributed by atoms with E-state index in [1.165, 1.54) is 17.4 Å². The molecule has 0 atom stereocenters. The summed E-state index contributed by atoms with van der Waals surface area (Å²) < 4.78 is 26.0. The zero-order valence-corrected chi connectivity index (χ0v) is 13.1. The van der Waals surface area contributed by atoms with Gasteiger partial charge in [0.15, 0.2) is 0 Å². The highest BCUT2D eigenvalue weighted by Gasteiger charge is 2.29. The molecule has 0 aromatic carbocycles. The van der Waals surface area contributed by atoms with Crippen LogP contribution in [0.5, 0.6) is 0 Å². The first-order valence-corrected chi connectivity index (χ1v) is 8.02. The van der Waals surface area contributed by atoms with Gasteiger partial charge in [0.25, 0.3) is 0 Å². The molecule has 0 unspecified atom stereocenters. The van der Waals surface area contributed by atoms with Crippen molar-refractivity contribution >= 4 is 49.1 Å². The van der Waals surface area contributed by atoms with Gasteiger partial charge >= 0.3 is 0 Å². The number of nitrogens with zero attached hydrogens (tertiary/aromatic N) is 1. The molecule has 0 fully saturated rings. The Morgan fingerprint density at radius 1 is 1.32 bits per heavy atom. The first-order valence-electron chi connectivity index (χ1n) is 4.97. The van der Waals surface area contributed by atoms with Crippen LogP contribution in [0, 0.1) is 6.92 Å². The van der Waals surface area contributed by atoms with Crippen molar-refractivity contribution in [2.75, 3.05) is 13.1 Å². The van der Waals surface area contributed by atoms with Crippen LogP contribution in [0.1, 0.15) is 4.88 Å². The number of carbonyl (C=O) groups is 2. The number of hydrogen-bond acceptors (Lipinski definition) is 5. The fraction of sp³-hybridized carbons (Fsp3) is 0.333. The smallest absolute Gasteiger partial charge is 0.245 e. The summed E-state index contributed by atoms with van der Waals surface area (Å²) in [4.78, 5) is 22.4. The SMILES string of the molecule is Cc1sc(Br)cc1S(=O)(=O)N(CC(N)=O)CC(N)=O. The second-order valence-electron chi connectivity index (χ2n) is 3.68. The predicted molar refractivity (Wildman–Crippen MR) is 73.9 cm³/mol. The van der Waals surface area contributed by atoms with E-state index in [0.29, 0.717) is 13.0 Å². The summed E-state index contributed by atoms with van der Waals surface area (Å²) in [6.45, 7) is 0.422. The molecular weight excluding hydrogens is 358 g/mol. The van der Waals surface area contributed by atoms with Gasteiger partial charge in [0.05, 0.1) is 21.8 Å². The lowest BCUT2D eigenvalue weighted by Gasteiger charge is -2.18. The topological polar surface area (TPSA) is 124 Å². The van der Waals surface area contributed by atoms with Crippen molar-refractivity contribution in [3.05, 3.63) is 14.7 Å². The lowest BCUT2D eigenvalue weighted by atomic mass is 10.5. The van der Waals surface area contributed by atoms with Crippen LogP contribution in [-0.4, -0.2) is 37.6 Å². The van der Waals surface area contributed by atoms with Crippen molar-refractivity contribution in [1.82, 2.24) is 4.31 Å². The van der Waals surface area contributed by atoms with E-state index in [2.05, 4.69) is 15.9 Å². The molecule has 7 nitrogen and oxygen atoms in total. The van der Waals surface area contributed by atoms with Gasteiger partial charge in [-0.15, -0.1) is 11.3 Å². The summed E-state index contributed by atoms with van der Waals surface area (Å²) in [5.41, 5.74) is 9.97. The predicted octanol–water partition coefficient (Wildman–Crippen LogP) is -0.220. The van der Waals surface area contributed by atoms with E-state index in [9.17, 15) is 18.0 Å². The number of hydrogen-bond donors (Lipinski definition) is 2. The van der Waals surface area contributed by atoms with Crippen molar-refractivity contribution in [1.29, 1.82) is 0 Å². The number of carbonyl (C=O) groups excluding carboxylic acids is 2. The lowest BCUT2D eigenvalue weighted by Crippen LogP contribution is -2.43. The average molecular weight is 370 g/mol. The molecule has 1 aromatic heterocycles. The maximum atomic E-state index is 12.3. The summed E-state index contributed by atoms with van der Waals surface area (Å²) in [7, 11) is -3.99. The zero-order valence-electron chi connectivity index (χ0n) is 9.92. The minimum absolute atomic E-state index is 0.0203. The largest absolute Gasteiger partial charge is 0.369 e. The van der Waals surface area contributed by atoms with E-state index in [1.54, 1.807) is 6.92 Å². The molecule has 0 aliphatic rings. The molecule has 4 N–H and O–H groups in total. The molecule has 2 amide bonds. The molecule has 0 bridgehead atoms. The third kappa shape index (κ3) is 4.00.